The van der Waals surface area contributed by atoms with Crippen LogP contribution >= 0.6 is 23.6 Å². The zero-order valence-electron chi connectivity index (χ0n) is 12.6. The predicted octanol–water partition coefficient (Wildman–Crippen LogP) is 0.708. The third-order valence-electron chi connectivity index (χ3n) is 2.95. The molecule has 1 aliphatic rings. The highest BCUT2D eigenvalue weighted by molar-refractivity contribution is 7.80. The van der Waals surface area contributed by atoms with Gasteiger partial charge in [0, 0.05) is 13.1 Å². The molecule has 2 rings (SSSR count). The molecule has 1 saturated heterocycles. The summed E-state index contributed by atoms with van der Waals surface area (Å²) in [6.07, 6.45) is -0.731. The zero-order chi connectivity index (χ0) is 16.7. The third-order valence-corrected chi connectivity index (χ3v) is 4.25. The van der Waals surface area contributed by atoms with Crippen LogP contribution in [0.3, 0.4) is 0 Å². The van der Waals surface area contributed by atoms with Gasteiger partial charge in [-0.3, -0.25) is 10.2 Å². The van der Waals surface area contributed by atoms with Gasteiger partial charge in [0.1, 0.15) is 17.2 Å². The zero-order valence-corrected chi connectivity index (χ0v) is 14.2. The van der Waals surface area contributed by atoms with Crippen molar-refractivity contribution in [1.29, 1.82) is 0 Å². The lowest BCUT2D eigenvalue weighted by atomic mass is 10.4. The van der Waals surface area contributed by atoms with Crippen molar-refractivity contribution in [3.8, 4) is 5.75 Å². The van der Waals surface area contributed by atoms with Crippen LogP contribution in [0.2, 0.25) is 0 Å². The van der Waals surface area contributed by atoms with Crippen LogP contribution in [-0.2, 0) is 4.74 Å². The van der Waals surface area contributed by atoms with Crippen LogP contribution < -0.4 is 20.9 Å². The molecule has 0 saturated carbocycles. The fourth-order valence-corrected chi connectivity index (χ4v) is 2.92. The minimum absolute atomic E-state index is 0.173. The van der Waals surface area contributed by atoms with E-state index in [-0.39, 0.29) is 6.61 Å². The lowest BCUT2D eigenvalue weighted by Crippen LogP contribution is -2.42. The average Bonchev–Trinajstić information content (AvgIpc) is 3.15. The van der Waals surface area contributed by atoms with Crippen molar-refractivity contribution in [1.82, 2.24) is 21.1 Å². The highest BCUT2D eigenvalue weighted by Crippen LogP contribution is 2.24. The summed E-state index contributed by atoms with van der Waals surface area (Å²) in [5.41, 5.74) is 4.49. The number of thiocarbonyl (C=S) groups is 1. The van der Waals surface area contributed by atoms with Gasteiger partial charge in [0.05, 0.1) is 13.2 Å². The maximum Gasteiger partial charge on any atom is 0.426 e. The number of thiophene rings is 1. The van der Waals surface area contributed by atoms with Crippen molar-refractivity contribution in [2.75, 3.05) is 32.8 Å². The molecule has 0 spiro atoms. The van der Waals surface area contributed by atoms with Crippen molar-refractivity contribution in [2.45, 2.75) is 6.92 Å². The van der Waals surface area contributed by atoms with E-state index < -0.39 is 12.0 Å². The number of hydrogen-bond acceptors (Lipinski definition) is 6. The van der Waals surface area contributed by atoms with Crippen molar-refractivity contribution in [3.05, 3.63) is 16.3 Å². The highest BCUT2D eigenvalue weighted by atomic mass is 32.1. The molecule has 0 bridgehead atoms. The Bertz CT molecular complexity index is 578. The average molecular weight is 358 g/mol. The normalized spacial score (nSPS) is 13.4. The molecule has 0 aromatic carbocycles. The molecule has 1 aromatic rings. The van der Waals surface area contributed by atoms with E-state index in [1.807, 2.05) is 11.8 Å². The summed E-state index contributed by atoms with van der Waals surface area (Å²) >= 11 is 6.30. The van der Waals surface area contributed by atoms with Crippen molar-refractivity contribution in [3.63, 3.8) is 0 Å². The van der Waals surface area contributed by atoms with Gasteiger partial charge in [-0.2, -0.15) is 0 Å². The van der Waals surface area contributed by atoms with Gasteiger partial charge in [0.25, 0.3) is 5.91 Å². The maximum atomic E-state index is 11.9. The molecule has 0 atom stereocenters. The summed E-state index contributed by atoms with van der Waals surface area (Å²) in [6, 6.07) is 1.70. The number of amides is 2. The molecule has 0 aliphatic carbocycles. The Morgan fingerprint density at radius 3 is 3.00 bits per heavy atom. The third kappa shape index (κ3) is 4.96. The Kier molecular flexibility index (Phi) is 6.41. The Morgan fingerprint density at radius 2 is 2.30 bits per heavy atom. The minimum atomic E-state index is -0.731. The quantitative estimate of drug-likeness (QED) is 0.509. The van der Waals surface area contributed by atoms with Gasteiger partial charge in [0.15, 0.2) is 5.11 Å². The number of nitrogens with one attached hydrogen (secondary N) is 3. The van der Waals surface area contributed by atoms with E-state index in [0.717, 1.165) is 13.1 Å². The minimum Gasteiger partial charge on any atom is -0.492 e. The van der Waals surface area contributed by atoms with E-state index in [0.29, 0.717) is 28.9 Å². The summed E-state index contributed by atoms with van der Waals surface area (Å²) in [5.74, 6) is 0.0329. The van der Waals surface area contributed by atoms with Gasteiger partial charge in [-0.25, -0.2) is 10.2 Å². The van der Waals surface area contributed by atoms with Crippen LogP contribution in [0.4, 0.5) is 4.79 Å². The molecular weight excluding hydrogens is 340 g/mol. The number of hydrazine groups is 1. The van der Waals surface area contributed by atoms with Crippen LogP contribution in [0.25, 0.3) is 0 Å². The van der Waals surface area contributed by atoms with E-state index in [9.17, 15) is 9.59 Å². The summed E-state index contributed by atoms with van der Waals surface area (Å²) < 4.78 is 10.3. The molecular formula is C13H18N4O4S2. The van der Waals surface area contributed by atoms with E-state index in [4.69, 9.17) is 21.7 Å². The molecule has 23 heavy (non-hydrogen) atoms. The first-order valence-corrected chi connectivity index (χ1v) is 8.36. The summed E-state index contributed by atoms with van der Waals surface area (Å²) in [6.45, 7) is 4.55. The predicted molar refractivity (Wildman–Crippen MR) is 89.6 cm³/mol. The number of ether oxygens (including phenoxy) is 2. The fraction of sp³-hybridized carbons (Fsp3) is 0.462. The Hall–Kier alpha value is -2.07. The first-order valence-electron chi connectivity index (χ1n) is 7.08. The molecule has 1 aromatic heterocycles. The smallest absolute Gasteiger partial charge is 0.426 e. The van der Waals surface area contributed by atoms with Crippen molar-refractivity contribution >= 4 is 40.7 Å². The van der Waals surface area contributed by atoms with Gasteiger partial charge in [0.2, 0.25) is 0 Å². The molecule has 3 N–H and O–H groups in total. The van der Waals surface area contributed by atoms with Gasteiger partial charge >= 0.3 is 6.09 Å². The highest BCUT2D eigenvalue weighted by Gasteiger charge is 2.17. The second-order valence-electron chi connectivity index (χ2n) is 4.48. The number of hydrogen-bond donors (Lipinski definition) is 3. The Morgan fingerprint density at radius 1 is 1.48 bits per heavy atom. The van der Waals surface area contributed by atoms with Gasteiger partial charge < -0.3 is 19.7 Å². The molecule has 1 fully saturated rings. The molecule has 2 amide bonds. The molecule has 126 valence electrons. The number of rotatable bonds is 6. The van der Waals surface area contributed by atoms with Gasteiger partial charge in [-0.05, 0) is 30.6 Å². The summed E-state index contributed by atoms with van der Waals surface area (Å²) in [4.78, 5) is 25.8. The van der Waals surface area contributed by atoms with Crippen LogP contribution in [-0.4, -0.2) is 54.9 Å². The lowest BCUT2D eigenvalue weighted by Gasteiger charge is -2.16. The molecule has 8 nitrogen and oxygen atoms in total. The van der Waals surface area contributed by atoms with Crippen LogP contribution in [0, 0.1) is 0 Å². The lowest BCUT2D eigenvalue weighted by molar-refractivity contribution is 0.0907. The second-order valence-corrected chi connectivity index (χ2v) is 5.78. The van der Waals surface area contributed by atoms with Gasteiger partial charge in [-0.1, -0.05) is 0 Å². The fourth-order valence-electron chi connectivity index (χ4n) is 1.91. The second kappa shape index (κ2) is 8.53. The molecule has 2 heterocycles. The molecule has 0 unspecified atom stereocenters. The van der Waals surface area contributed by atoms with Gasteiger partial charge in [-0.15, -0.1) is 11.3 Å². The SMILES string of the molecule is CCOc1ccsc1C(=O)NNC(=O)OCCN1CCNC1=S. The first-order chi connectivity index (χ1) is 11.1. The standard InChI is InChI=1S/C13H18N4O4S2/c1-2-20-9-3-8-23-10(9)11(18)15-16-13(19)21-7-6-17-5-4-14-12(17)22/h3,8H,2,4-7H2,1H3,(H,14,22)(H,15,18)(H,16,19). The number of carbonyl (C=O) groups excluding carboxylic acids is 2. The monoisotopic (exact) mass is 358 g/mol. The molecule has 10 heteroatoms. The largest absolute Gasteiger partial charge is 0.492 e. The molecule has 1 aliphatic heterocycles. The summed E-state index contributed by atoms with van der Waals surface area (Å²) in [5, 5.41) is 5.41. The van der Waals surface area contributed by atoms with Crippen LogP contribution in [0.15, 0.2) is 11.4 Å². The van der Waals surface area contributed by atoms with Crippen molar-refractivity contribution in [2.24, 2.45) is 0 Å². The van der Waals surface area contributed by atoms with Crippen LogP contribution in [0.5, 0.6) is 5.75 Å². The first kappa shape index (κ1) is 17.3. The Labute approximate surface area is 143 Å². The number of nitrogens with zero attached hydrogens (tertiary/aromatic N) is 1. The van der Waals surface area contributed by atoms with E-state index >= 15 is 0 Å². The van der Waals surface area contributed by atoms with E-state index in [1.54, 1.807) is 11.4 Å². The molecule has 0 radical (unpaired) electrons. The topological polar surface area (TPSA) is 91.9 Å². The number of carbonyl (C=O) groups is 2. The Balaban J connectivity index is 1.68. The van der Waals surface area contributed by atoms with E-state index in [1.165, 1.54) is 11.3 Å². The summed E-state index contributed by atoms with van der Waals surface area (Å²) in [7, 11) is 0. The maximum absolute atomic E-state index is 11.9. The van der Waals surface area contributed by atoms with Crippen molar-refractivity contribution < 1.29 is 19.1 Å². The van der Waals surface area contributed by atoms with Crippen LogP contribution in [0.1, 0.15) is 16.6 Å². The van der Waals surface area contributed by atoms with E-state index in [2.05, 4.69) is 16.2 Å².